The van der Waals surface area contributed by atoms with E-state index in [9.17, 15) is 9.59 Å². The van der Waals surface area contributed by atoms with Crippen LogP contribution in [0.2, 0.25) is 0 Å². The number of likely N-dealkylation sites (N-methyl/N-ethyl adjacent to an activating group) is 1. The van der Waals surface area contributed by atoms with Crippen molar-refractivity contribution in [1.29, 1.82) is 0 Å². The average molecular weight is 458 g/mol. The van der Waals surface area contributed by atoms with Gasteiger partial charge in [0.2, 0.25) is 6.17 Å². The number of fused-ring (bicyclic) bond motifs is 1. The smallest absolute Gasteiger partial charge is 0.289 e. The van der Waals surface area contributed by atoms with Crippen LogP contribution in [0.5, 0.6) is 0 Å². The Morgan fingerprint density at radius 3 is 2.56 bits per heavy atom. The maximum atomic E-state index is 13.0. The maximum absolute atomic E-state index is 13.0. The lowest BCUT2D eigenvalue weighted by molar-refractivity contribution is -0.117. The van der Waals surface area contributed by atoms with E-state index in [1.165, 1.54) is 0 Å². The maximum Gasteiger partial charge on any atom is 0.289 e. The molecule has 0 radical (unpaired) electrons. The molecule has 2 amide bonds. The van der Waals surface area contributed by atoms with Crippen molar-refractivity contribution in [3.8, 4) is 0 Å². The van der Waals surface area contributed by atoms with Crippen molar-refractivity contribution < 1.29 is 14.0 Å². The number of carbonyl (C=O) groups is 2. The Morgan fingerprint density at radius 1 is 1.03 bits per heavy atom. The van der Waals surface area contributed by atoms with Gasteiger partial charge in [-0.2, -0.15) is 0 Å². The van der Waals surface area contributed by atoms with Crippen molar-refractivity contribution in [3.63, 3.8) is 0 Å². The number of piperazine rings is 1. The van der Waals surface area contributed by atoms with Gasteiger partial charge in [-0.3, -0.25) is 14.5 Å². The van der Waals surface area contributed by atoms with Gasteiger partial charge < -0.3 is 20.0 Å². The molecule has 1 fully saturated rings. The van der Waals surface area contributed by atoms with Crippen molar-refractivity contribution in [2.45, 2.75) is 12.7 Å². The number of aliphatic imine (C=N–C) groups is 1. The number of furan rings is 1. The second-order valence-corrected chi connectivity index (χ2v) is 8.60. The summed E-state index contributed by atoms with van der Waals surface area (Å²) >= 11 is 0. The molecule has 2 aromatic carbocycles. The lowest BCUT2D eigenvalue weighted by Gasteiger charge is -2.31. The zero-order valence-corrected chi connectivity index (χ0v) is 19.0. The van der Waals surface area contributed by atoms with Crippen molar-refractivity contribution in [2.75, 3.05) is 38.5 Å². The summed E-state index contributed by atoms with van der Waals surface area (Å²) in [6.07, 6.45) is -1.10. The van der Waals surface area contributed by atoms with Gasteiger partial charge >= 0.3 is 0 Å². The van der Waals surface area contributed by atoms with Gasteiger partial charge in [0.05, 0.1) is 17.9 Å². The molecule has 8 heteroatoms. The number of anilines is 1. The molecular weight excluding hydrogens is 430 g/mol. The van der Waals surface area contributed by atoms with E-state index in [1.54, 1.807) is 6.07 Å². The van der Waals surface area contributed by atoms with Crippen LogP contribution < -0.4 is 10.6 Å². The molecular formula is C26H27N5O3. The van der Waals surface area contributed by atoms with Crippen LogP contribution in [0.25, 0.3) is 0 Å². The number of carbonyl (C=O) groups excluding carboxylic acids is 2. The van der Waals surface area contributed by atoms with Gasteiger partial charge in [0.15, 0.2) is 5.76 Å². The van der Waals surface area contributed by atoms with Crippen LogP contribution in [-0.2, 0) is 11.3 Å². The molecule has 174 valence electrons. The Morgan fingerprint density at radius 2 is 1.76 bits per heavy atom. The Hall–Kier alpha value is -3.75. The van der Waals surface area contributed by atoms with Crippen LogP contribution in [0.1, 0.15) is 27.4 Å². The van der Waals surface area contributed by atoms with Gasteiger partial charge in [0.25, 0.3) is 11.8 Å². The number of amides is 2. The summed E-state index contributed by atoms with van der Waals surface area (Å²) < 4.78 is 5.81. The minimum absolute atomic E-state index is 0.162. The van der Waals surface area contributed by atoms with Gasteiger partial charge in [-0.1, -0.05) is 48.5 Å². The van der Waals surface area contributed by atoms with E-state index in [0.29, 0.717) is 17.9 Å². The highest BCUT2D eigenvalue weighted by atomic mass is 16.4. The van der Waals surface area contributed by atoms with Crippen LogP contribution in [0, 0.1) is 0 Å². The van der Waals surface area contributed by atoms with Gasteiger partial charge in [0, 0.05) is 37.3 Å². The topological polar surface area (TPSA) is 90.2 Å². The SMILES string of the molecule is CN1CCN(Cc2ccc(C(=O)N[C@H]3N=C(c4ccccc4)c4ccccc4NC3=O)o2)CC1. The molecule has 3 heterocycles. The molecule has 1 atom stereocenters. The minimum Gasteiger partial charge on any atom is -0.455 e. The third-order valence-corrected chi connectivity index (χ3v) is 6.12. The Kier molecular flexibility index (Phi) is 6.24. The Bertz CT molecular complexity index is 1210. The number of benzodiazepines with no additional fused rings is 1. The summed E-state index contributed by atoms with van der Waals surface area (Å²) in [4.78, 5) is 35.1. The second-order valence-electron chi connectivity index (χ2n) is 8.60. The normalized spacial score (nSPS) is 19.0. The molecule has 5 rings (SSSR count). The standard InChI is InChI=1S/C26H27N5O3/c1-30-13-15-31(16-14-30)17-19-11-12-22(34-19)25(32)29-24-26(33)27-21-10-6-5-9-20(21)23(28-24)18-7-3-2-4-8-18/h2-12,24H,13-17H2,1H3,(H,27,33)(H,29,32)/t24-/m1/s1. The average Bonchev–Trinajstić information content (AvgIpc) is 3.27. The number of rotatable bonds is 5. The van der Waals surface area contributed by atoms with E-state index in [-0.39, 0.29) is 5.76 Å². The largest absolute Gasteiger partial charge is 0.455 e. The number of hydrogen-bond acceptors (Lipinski definition) is 6. The number of benzene rings is 2. The number of para-hydroxylation sites is 1. The van der Waals surface area contributed by atoms with Crippen LogP contribution >= 0.6 is 0 Å². The fraction of sp³-hybridized carbons (Fsp3) is 0.269. The van der Waals surface area contributed by atoms with Gasteiger partial charge in [-0.25, -0.2) is 4.99 Å². The monoisotopic (exact) mass is 457 g/mol. The summed E-state index contributed by atoms with van der Waals surface area (Å²) in [6.45, 7) is 4.58. The van der Waals surface area contributed by atoms with Gasteiger partial charge in [0.1, 0.15) is 5.76 Å². The molecule has 2 aliphatic rings. The summed E-state index contributed by atoms with van der Waals surface area (Å²) in [5.41, 5.74) is 2.94. The quantitative estimate of drug-likeness (QED) is 0.615. The predicted octanol–water partition coefficient (Wildman–Crippen LogP) is 2.57. The van der Waals surface area contributed by atoms with E-state index in [4.69, 9.17) is 4.42 Å². The van der Waals surface area contributed by atoms with Crippen molar-refractivity contribution in [1.82, 2.24) is 15.1 Å². The molecule has 2 aliphatic heterocycles. The predicted molar refractivity (Wildman–Crippen MR) is 130 cm³/mol. The molecule has 0 bridgehead atoms. The highest BCUT2D eigenvalue weighted by molar-refractivity contribution is 6.20. The van der Waals surface area contributed by atoms with Crippen molar-refractivity contribution >= 4 is 23.2 Å². The zero-order chi connectivity index (χ0) is 23.5. The first kappa shape index (κ1) is 22.1. The van der Waals surface area contributed by atoms with Crippen molar-refractivity contribution in [2.24, 2.45) is 4.99 Å². The zero-order valence-electron chi connectivity index (χ0n) is 19.0. The molecule has 34 heavy (non-hydrogen) atoms. The highest BCUT2D eigenvalue weighted by Crippen LogP contribution is 2.24. The van der Waals surface area contributed by atoms with Crippen LogP contribution in [0.3, 0.4) is 0 Å². The molecule has 0 saturated carbocycles. The first-order valence-corrected chi connectivity index (χ1v) is 11.4. The van der Waals surface area contributed by atoms with Crippen molar-refractivity contribution in [3.05, 3.63) is 89.4 Å². The number of hydrogen-bond donors (Lipinski definition) is 2. The number of nitrogens with one attached hydrogen (secondary N) is 2. The minimum atomic E-state index is -1.10. The molecule has 0 unspecified atom stereocenters. The summed E-state index contributed by atoms with van der Waals surface area (Å²) in [6, 6.07) is 20.6. The summed E-state index contributed by atoms with van der Waals surface area (Å²) in [5, 5.41) is 5.61. The molecule has 3 aromatic rings. The fourth-order valence-corrected chi connectivity index (χ4v) is 4.19. The summed E-state index contributed by atoms with van der Waals surface area (Å²) in [5.74, 6) is -0.00102. The van der Waals surface area contributed by atoms with E-state index in [0.717, 1.165) is 43.1 Å². The van der Waals surface area contributed by atoms with E-state index in [2.05, 4.69) is 32.5 Å². The third-order valence-electron chi connectivity index (χ3n) is 6.12. The van der Waals surface area contributed by atoms with Gasteiger partial charge in [-0.05, 0) is 25.2 Å². The molecule has 8 nitrogen and oxygen atoms in total. The summed E-state index contributed by atoms with van der Waals surface area (Å²) in [7, 11) is 2.11. The third kappa shape index (κ3) is 4.78. The molecule has 0 aliphatic carbocycles. The van der Waals surface area contributed by atoms with E-state index < -0.39 is 18.0 Å². The molecule has 1 aromatic heterocycles. The van der Waals surface area contributed by atoms with Crippen LogP contribution in [0.4, 0.5) is 5.69 Å². The second kappa shape index (κ2) is 9.62. The van der Waals surface area contributed by atoms with E-state index in [1.807, 2.05) is 60.7 Å². The van der Waals surface area contributed by atoms with Gasteiger partial charge in [-0.15, -0.1) is 0 Å². The van der Waals surface area contributed by atoms with E-state index >= 15 is 0 Å². The highest BCUT2D eigenvalue weighted by Gasteiger charge is 2.28. The number of nitrogens with zero attached hydrogens (tertiary/aromatic N) is 3. The Balaban J connectivity index is 1.35. The molecule has 0 spiro atoms. The first-order valence-electron chi connectivity index (χ1n) is 11.4. The molecule has 2 N–H and O–H groups in total. The molecule has 1 saturated heterocycles. The van der Waals surface area contributed by atoms with Crippen LogP contribution in [-0.4, -0.2) is 66.7 Å². The lowest BCUT2D eigenvalue weighted by Crippen LogP contribution is -2.43. The fourth-order valence-electron chi connectivity index (χ4n) is 4.19. The lowest BCUT2D eigenvalue weighted by atomic mass is 10.0. The Labute approximate surface area is 198 Å². The van der Waals surface area contributed by atoms with Crippen LogP contribution in [0.15, 0.2) is 76.1 Å². The first-order chi connectivity index (χ1) is 16.6.